The first-order valence-corrected chi connectivity index (χ1v) is 7.76. The number of nitrogens with two attached hydrogens (primary N) is 1. The normalized spacial score (nSPS) is 22.7. The highest BCUT2D eigenvalue weighted by Crippen LogP contribution is 2.47. The number of rotatable bonds is 6. The number of carbonyl (C=O) groups excluding carboxylic acids is 1. The van der Waals surface area contributed by atoms with E-state index >= 15 is 0 Å². The zero-order valence-electron chi connectivity index (χ0n) is 13.1. The third-order valence-corrected chi connectivity index (χ3v) is 4.61. The maximum Gasteiger partial charge on any atom is 0.306 e. The molecule has 3 N–H and O–H groups in total. The van der Waals surface area contributed by atoms with Gasteiger partial charge in [0.25, 0.3) is 0 Å². The molecule has 118 valence electrons. The molecule has 0 spiro atoms. The van der Waals surface area contributed by atoms with E-state index in [0.717, 1.165) is 24.8 Å². The molecular weight excluding hydrogens is 276 g/mol. The van der Waals surface area contributed by atoms with Crippen LogP contribution in [0.4, 0.5) is 0 Å². The van der Waals surface area contributed by atoms with Crippen molar-refractivity contribution in [2.24, 2.45) is 11.1 Å². The number of ether oxygens (including phenoxy) is 1. The Hall–Kier alpha value is -2.10. The van der Waals surface area contributed by atoms with Crippen molar-refractivity contribution in [3.8, 4) is 0 Å². The van der Waals surface area contributed by atoms with Gasteiger partial charge in [0.1, 0.15) is 5.84 Å². The van der Waals surface area contributed by atoms with E-state index in [1.807, 2.05) is 30.3 Å². The number of allylic oxidation sites excluding steroid dienone is 1. The highest BCUT2D eigenvalue weighted by atomic mass is 16.5. The van der Waals surface area contributed by atoms with Crippen molar-refractivity contribution < 1.29 is 9.53 Å². The molecule has 2 rings (SSSR count). The van der Waals surface area contributed by atoms with E-state index in [4.69, 9.17) is 15.9 Å². The van der Waals surface area contributed by atoms with Crippen molar-refractivity contribution in [1.29, 1.82) is 5.41 Å². The fourth-order valence-electron chi connectivity index (χ4n) is 3.35. The summed E-state index contributed by atoms with van der Waals surface area (Å²) in [4.78, 5) is 11.8. The van der Waals surface area contributed by atoms with Crippen LogP contribution in [0.15, 0.2) is 36.9 Å². The maximum absolute atomic E-state index is 11.8. The van der Waals surface area contributed by atoms with Gasteiger partial charge in [0.2, 0.25) is 0 Å². The van der Waals surface area contributed by atoms with Crippen molar-refractivity contribution in [2.75, 3.05) is 6.61 Å². The highest BCUT2D eigenvalue weighted by molar-refractivity contribution is 5.94. The van der Waals surface area contributed by atoms with E-state index in [0.29, 0.717) is 13.0 Å². The molecular formula is C18H24N2O2. The lowest BCUT2D eigenvalue weighted by Crippen LogP contribution is -2.36. The fourth-order valence-corrected chi connectivity index (χ4v) is 3.35. The number of nitrogens with one attached hydrogen (secondary N) is 1. The summed E-state index contributed by atoms with van der Waals surface area (Å²) in [5.74, 6) is 0.148. The second-order valence-corrected chi connectivity index (χ2v) is 5.96. The second kappa shape index (κ2) is 6.77. The zero-order chi connectivity index (χ0) is 16.2. The molecule has 1 heterocycles. The Labute approximate surface area is 131 Å². The highest BCUT2D eigenvalue weighted by Gasteiger charge is 2.41. The predicted molar refractivity (Wildman–Crippen MR) is 87.9 cm³/mol. The van der Waals surface area contributed by atoms with Crippen molar-refractivity contribution in [3.63, 3.8) is 0 Å². The van der Waals surface area contributed by atoms with Gasteiger partial charge in [-0.2, -0.15) is 0 Å². The smallest absolute Gasteiger partial charge is 0.306 e. The standard InChI is InChI=1S/C18H24N2O2/c1-3-5-15(13-6-8-14(9-7-13)17(19)20)18(4-2)10-11-22-16(21)12-18/h4,6-9,15H,2-3,5,10-12H2,1H3,(H3,19,20). The third-order valence-electron chi connectivity index (χ3n) is 4.61. The van der Waals surface area contributed by atoms with Crippen LogP contribution in [-0.4, -0.2) is 18.4 Å². The van der Waals surface area contributed by atoms with Crippen LogP contribution >= 0.6 is 0 Å². The van der Waals surface area contributed by atoms with Crippen LogP contribution in [0.1, 0.15) is 49.7 Å². The van der Waals surface area contributed by atoms with E-state index in [-0.39, 0.29) is 23.1 Å². The Balaban J connectivity index is 2.37. The molecule has 1 aromatic rings. The summed E-state index contributed by atoms with van der Waals surface area (Å²) >= 11 is 0. The molecule has 22 heavy (non-hydrogen) atoms. The molecule has 2 unspecified atom stereocenters. The summed E-state index contributed by atoms with van der Waals surface area (Å²) in [6.45, 7) is 6.61. The Morgan fingerprint density at radius 2 is 2.18 bits per heavy atom. The summed E-state index contributed by atoms with van der Waals surface area (Å²) in [6.07, 6.45) is 5.14. The van der Waals surface area contributed by atoms with E-state index in [9.17, 15) is 4.79 Å². The average molecular weight is 300 g/mol. The van der Waals surface area contributed by atoms with Crippen molar-refractivity contribution in [2.45, 2.75) is 38.5 Å². The molecule has 4 heteroatoms. The lowest BCUT2D eigenvalue weighted by atomic mass is 9.65. The van der Waals surface area contributed by atoms with Crippen LogP contribution < -0.4 is 5.73 Å². The molecule has 0 aliphatic carbocycles. The summed E-state index contributed by atoms with van der Waals surface area (Å²) in [6, 6.07) is 7.78. The van der Waals surface area contributed by atoms with Crippen LogP contribution in [-0.2, 0) is 9.53 Å². The minimum absolute atomic E-state index is 0.0678. The van der Waals surface area contributed by atoms with Gasteiger partial charge >= 0.3 is 5.97 Å². The van der Waals surface area contributed by atoms with E-state index in [1.165, 1.54) is 5.56 Å². The molecule has 2 atom stereocenters. The first-order chi connectivity index (χ1) is 10.5. The number of amidine groups is 1. The van der Waals surface area contributed by atoms with Crippen LogP contribution in [0.2, 0.25) is 0 Å². The Morgan fingerprint density at radius 3 is 2.68 bits per heavy atom. The molecule has 1 saturated heterocycles. The van der Waals surface area contributed by atoms with Gasteiger partial charge in [-0.25, -0.2) is 0 Å². The van der Waals surface area contributed by atoms with Gasteiger partial charge in [-0.05, 0) is 24.3 Å². The number of benzene rings is 1. The molecule has 1 aromatic carbocycles. The number of hydrogen-bond donors (Lipinski definition) is 2. The molecule has 1 aliphatic heterocycles. The Morgan fingerprint density at radius 1 is 1.50 bits per heavy atom. The van der Waals surface area contributed by atoms with Gasteiger partial charge in [-0.3, -0.25) is 10.2 Å². The maximum atomic E-state index is 11.8. The Bertz CT molecular complexity index is 565. The quantitative estimate of drug-likeness (QED) is 0.366. The van der Waals surface area contributed by atoms with E-state index in [1.54, 1.807) is 0 Å². The van der Waals surface area contributed by atoms with Crippen LogP contribution in [0.5, 0.6) is 0 Å². The number of nitrogen functional groups attached to an aromatic ring is 1. The number of carbonyl (C=O) groups is 1. The summed E-state index contributed by atoms with van der Waals surface area (Å²) in [5.41, 5.74) is 7.16. The van der Waals surface area contributed by atoms with E-state index < -0.39 is 0 Å². The van der Waals surface area contributed by atoms with Crippen LogP contribution in [0, 0.1) is 10.8 Å². The SMILES string of the molecule is C=CC1(C(CCC)c2ccc(C(=N)N)cc2)CCOC(=O)C1. The summed E-state index contributed by atoms with van der Waals surface area (Å²) < 4.78 is 5.12. The molecule has 1 fully saturated rings. The predicted octanol–water partition coefficient (Wildman–Crippen LogP) is 3.36. The summed E-state index contributed by atoms with van der Waals surface area (Å²) in [5, 5.41) is 7.49. The number of cyclic esters (lactones) is 1. The minimum atomic E-state index is -0.247. The van der Waals surface area contributed by atoms with Crippen molar-refractivity contribution in [1.82, 2.24) is 0 Å². The lowest BCUT2D eigenvalue weighted by Gasteiger charge is -2.41. The van der Waals surface area contributed by atoms with Crippen LogP contribution in [0.25, 0.3) is 0 Å². The summed E-state index contributed by atoms with van der Waals surface area (Å²) in [7, 11) is 0. The third kappa shape index (κ3) is 3.21. The van der Waals surface area contributed by atoms with Gasteiger partial charge in [-0.15, -0.1) is 6.58 Å². The number of esters is 1. The number of hydrogen-bond acceptors (Lipinski definition) is 3. The fraction of sp³-hybridized carbons (Fsp3) is 0.444. The lowest BCUT2D eigenvalue weighted by molar-refractivity contribution is -0.152. The molecule has 0 amide bonds. The molecule has 0 bridgehead atoms. The van der Waals surface area contributed by atoms with Gasteiger partial charge in [0.15, 0.2) is 0 Å². The minimum Gasteiger partial charge on any atom is -0.466 e. The molecule has 0 saturated carbocycles. The van der Waals surface area contributed by atoms with E-state index in [2.05, 4.69) is 13.5 Å². The molecule has 1 aliphatic rings. The molecule has 0 radical (unpaired) electrons. The van der Waals surface area contributed by atoms with Gasteiger partial charge in [-0.1, -0.05) is 43.7 Å². The van der Waals surface area contributed by atoms with Gasteiger partial charge in [0, 0.05) is 11.0 Å². The van der Waals surface area contributed by atoms with Crippen molar-refractivity contribution >= 4 is 11.8 Å². The monoisotopic (exact) mass is 300 g/mol. The topological polar surface area (TPSA) is 76.2 Å². The Kier molecular flexibility index (Phi) is 5.01. The first-order valence-electron chi connectivity index (χ1n) is 7.76. The molecule has 0 aromatic heterocycles. The largest absolute Gasteiger partial charge is 0.466 e. The second-order valence-electron chi connectivity index (χ2n) is 5.96. The zero-order valence-corrected chi connectivity index (χ0v) is 13.1. The van der Waals surface area contributed by atoms with Crippen molar-refractivity contribution in [3.05, 3.63) is 48.0 Å². The average Bonchev–Trinajstić information content (AvgIpc) is 2.52. The van der Waals surface area contributed by atoms with Gasteiger partial charge < -0.3 is 10.5 Å². The first kappa shape index (κ1) is 16.3. The molecule has 4 nitrogen and oxygen atoms in total. The van der Waals surface area contributed by atoms with Crippen LogP contribution in [0.3, 0.4) is 0 Å². The van der Waals surface area contributed by atoms with Gasteiger partial charge in [0.05, 0.1) is 13.0 Å².